The van der Waals surface area contributed by atoms with E-state index in [-0.39, 0.29) is 0 Å². The van der Waals surface area contributed by atoms with Crippen LogP contribution in [0.3, 0.4) is 0 Å². The maximum atomic E-state index is 11.3. The first-order valence-electron chi connectivity index (χ1n) is 5.49. The first-order valence-corrected chi connectivity index (χ1v) is 8.02. The number of likely N-dealkylation sites (tertiary alicyclic amines) is 1. The molecule has 88 valence electrons. The monoisotopic (exact) mass is 231 g/mol. The quantitative estimate of drug-likeness (QED) is 0.648. The standard InChI is InChI=1S/C10H21NO3Si/c1-13-15(3,14-2)9-5-8-11-7-4-6-10(11)12/h4-9H2,1-3H3. The lowest BCUT2D eigenvalue weighted by Crippen LogP contribution is -2.37. The lowest BCUT2D eigenvalue weighted by Gasteiger charge is -2.24. The molecular weight excluding hydrogens is 210 g/mol. The topological polar surface area (TPSA) is 38.8 Å². The van der Waals surface area contributed by atoms with Crippen molar-refractivity contribution in [1.82, 2.24) is 4.90 Å². The summed E-state index contributed by atoms with van der Waals surface area (Å²) in [4.78, 5) is 13.3. The van der Waals surface area contributed by atoms with E-state index in [2.05, 4.69) is 6.55 Å². The number of rotatable bonds is 6. The van der Waals surface area contributed by atoms with Crippen LogP contribution in [0.15, 0.2) is 0 Å². The van der Waals surface area contributed by atoms with Crippen LogP contribution in [0.1, 0.15) is 19.3 Å². The van der Waals surface area contributed by atoms with Crippen LogP contribution >= 0.6 is 0 Å². The van der Waals surface area contributed by atoms with E-state index >= 15 is 0 Å². The van der Waals surface area contributed by atoms with Crippen LogP contribution in [0, 0.1) is 0 Å². The average molecular weight is 231 g/mol. The smallest absolute Gasteiger partial charge is 0.334 e. The Balaban J connectivity index is 2.23. The molecule has 1 saturated heterocycles. The van der Waals surface area contributed by atoms with Gasteiger partial charge >= 0.3 is 8.56 Å². The molecule has 0 bridgehead atoms. The summed E-state index contributed by atoms with van der Waals surface area (Å²) in [6.07, 6.45) is 2.72. The molecule has 1 heterocycles. The van der Waals surface area contributed by atoms with E-state index in [1.54, 1.807) is 14.2 Å². The fraction of sp³-hybridized carbons (Fsp3) is 0.900. The molecule has 1 rings (SSSR count). The van der Waals surface area contributed by atoms with Gasteiger partial charge in [-0.05, 0) is 25.4 Å². The average Bonchev–Trinajstić information content (AvgIpc) is 2.64. The number of hydrogen-bond donors (Lipinski definition) is 0. The number of carbonyl (C=O) groups is 1. The minimum atomic E-state index is -1.93. The molecule has 1 fully saturated rings. The summed E-state index contributed by atoms with van der Waals surface area (Å²) in [7, 11) is 1.48. The summed E-state index contributed by atoms with van der Waals surface area (Å²) in [5, 5.41) is 0. The van der Waals surface area contributed by atoms with Gasteiger partial charge in [-0.1, -0.05) is 0 Å². The van der Waals surface area contributed by atoms with Crippen LogP contribution in [-0.2, 0) is 13.6 Å². The Morgan fingerprint density at radius 1 is 1.40 bits per heavy atom. The molecule has 15 heavy (non-hydrogen) atoms. The van der Waals surface area contributed by atoms with Crippen LogP contribution in [-0.4, -0.2) is 46.7 Å². The lowest BCUT2D eigenvalue weighted by molar-refractivity contribution is -0.127. The number of hydrogen-bond acceptors (Lipinski definition) is 3. The van der Waals surface area contributed by atoms with Crippen molar-refractivity contribution in [3.05, 3.63) is 0 Å². The van der Waals surface area contributed by atoms with E-state index in [0.717, 1.165) is 38.4 Å². The van der Waals surface area contributed by atoms with Gasteiger partial charge in [0, 0.05) is 33.7 Å². The van der Waals surface area contributed by atoms with Gasteiger partial charge in [0.05, 0.1) is 0 Å². The van der Waals surface area contributed by atoms with Crippen molar-refractivity contribution in [3.63, 3.8) is 0 Å². The van der Waals surface area contributed by atoms with Crippen LogP contribution in [0.5, 0.6) is 0 Å². The normalized spacial score (nSPS) is 17.5. The summed E-state index contributed by atoms with van der Waals surface area (Å²) < 4.78 is 10.8. The first kappa shape index (κ1) is 12.7. The van der Waals surface area contributed by atoms with Gasteiger partial charge in [0.1, 0.15) is 0 Å². The molecule has 0 aromatic carbocycles. The Hall–Kier alpha value is -0.393. The molecular formula is C10H21NO3Si. The van der Waals surface area contributed by atoms with E-state index in [1.807, 2.05) is 4.90 Å². The highest BCUT2D eigenvalue weighted by atomic mass is 28.4. The van der Waals surface area contributed by atoms with Crippen molar-refractivity contribution in [2.75, 3.05) is 27.3 Å². The molecule has 4 nitrogen and oxygen atoms in total. The van der Waals surface area contributed by atoms with Crippen LogP contribution in [0.2, 0.25) is 12.6 Å². The SMILES string of the molecule is CO[Si](C)(CCCN1CCCC1=O)OC. The van der Waals surface area contributed by atoms with Crippen molar-refractivity contribution < 1.29 is 13.6 Å². The molecule has 0 unspecified atom stereocenters. The van der Waals surface area contributed by atoms with Gasteiger partial charge in [-0.2, -0.15) is 0 Å². The molecule has 0 atom stereocenters. The second kappa shape index (κ2) is 5.63. The maximum Gasteiger partial charge on any atom is 0.334 e. The highest BCUT2D eigenvalue weighted by Gasteiger charge is 2.29. The molecule has 0 radical (unpaired) electrons. The summed E-state index contributed by atoms with van der Waals surface area (Å²) in [6.45, 7) is 3.84. The van der Waals surface area contributed by atoms with Gasteiger partial charge in [-0.3, -0.25) is 4.79 Å². The zero-order valence-electron chi connectivity index (χ0n) is 9.91. The molecule has 0 spiro atoms. The highest BCUT2D eigenvalue weighted by Crippen LogP contribution is 2.16. The predicted octanol–water partition coefficient (Wildman–Crippen LogP) is 1.36. The Morgan fingerprint density at radius 2 is 2.07 bits per heavy atom. The van der Waals surface area contributed by atoms with E-state index in [1.165, 1.54) is 0 Å². The Bertz CT molecular complexity index is 219. The van der Waals surface area contributed by atoms with Gasteiger partial charge < -0.3 is 13.8 Å². The lowest BCUT2D eigenvalue weighted by atomic mass is 10.4. The number of nitrogens with zero attached hydrogens (tertiary/aromatic N) is 1. The second-order valence-corrected chi connectivity index (χ2v) is 7.71. The van der Waals surface area contributed by atoms with Gasteiger partial charge in [0.25, 0.3) is 0 Å². The third-order valence-corrected chi connectivity index (χ3v) is 6.08. The third kappa shape index (κ3) is 3.59. The van der Waals surface area contributed by atoms with E-state index in [4.69, 9.17) is 8.85 Å². The summed E-state index contributed by atoms with van der Waals surface area (Å²) in [6, 6.07) is 0.948. The predicted molar refractivity (Wildman–Crippen MR) is 60.9 cm³/mol. The van der Waals surface area contributed by atoms with E-state index < -0.39 is 8.56 Å². The Kier molecular flexibility index (Phi) is 4.75. The minimum absolute atomic E-state index is 0.299. The highest BCUT2D eigenvalue weighted by molar-refractivity contribution is 6.65. The summed E-state index contributed by atoms with van der Waals surface area (Å²) in [5.41, 5.74) is 0. The van der Waals surface area contributed by atoms with Crippen molar-refractivity contribution in [2.24, 2.45) is 0 Å². The molecule has 0 aromatic heterocycles. The van der Waals surface area contributed by atoms with Crippen molar-refractivity contribution in [2.45, 2.75) is 31.9 Å². The third-order valence-electron chi connectivity index (χ3n) is 3.09. The van der Waals surface area contributed by atoms with Gasteiger partial charge in [-0.25, -0.2) is 0 Å². The van der Waals surface area contributed by atoms with E-state index in [0.29, 0.717) is 5.91 Å². The minimum Gasteiger partial charge on any atom is -0.398 e. The summed E-state index contributed by atoms with van der Waals surface area (Å²) in [5.74, 6) is 0.299. The molecule has 1 aliphatic heterocycles. The van der Waals surface area contributed by atoms with Gasteiger partial charge in [-0.15, -0.1) is 0 Å². The summed E-state index contributed by atoms with van der Waals surface area (Å²) >= 11 is 0. The number of amides is 1. The molecule has 5 heteroatoms. The molecule has 0 aliphatic carbocycles. The fourth-order valence-electron chi connectivity index (χ4n) is 1.82. The maximum absolute atomic E-state index is 11.3. The Morgan fingerprint density at radius 3 is 2.53 bits per heavy atom. The second-order valence-electron chi connectivity index (χ2n) is 4.13. The van der Waals surface area contributed by atoms with Crippen molar-refractivity contribution >= 4 is 14.5 Å². The zero-order valence-corrected chi connectivity index (χ0v) is 10.9. The first-order chi connectivity index (χ1) is 7.11. The van der Waals surface area contributed by atoms with Crippen molar-refractivity contribution in [3.8, 4) is 0 Å². The van der Waals surface area contributed by atoms with Crippen molar-refractivity contribution in [1.29, 1.82) is 0 Å². The largest absolute Gasteiger partial charge is 0.398 e. The molecule has 0 saturated carbocycles. The van der Waals surface area contributed by atoms with Crippen LogP contribution in [0.4, 0.5) is 0 Å². The number of carbonyl (C=O) groups excluding carboxylic acids is 1. The van der Waals surface area contributed by atoms with E-state index in [9.17, 15) is 4.79 Å². The molecule has 0 aromatic rings. The van der Waals surface area contributed by atoms with Crippen LogP contribution < -0.4 is 0 Å². The molecule has 0 N–H and O–H groups in total. The van der Waals surface area contributed by atoms with Gasteiger partial charge in [0.2, 0.25) is 5.91 Å². The Labute approximate surface area is 92.8 Å². The van der Waals surface area contributed by atoms with Gasteiger partial charge in [0.15, 0.2) is 0 Å². The molecule has 1 aliphatic rings. The fourth-order valence-corrected chi connectivity index (χ4v) is 3.19. The zero-order chi connectivity index (χ0) is 11.3. The molecule has 1 amide bonds. The van der Waals surface area contributed by atoms with Crippen LogP contribution in [0.25, 0.3) is 0 Å².